The van der Waals surface area contributed by atoms with Gasteiger partial charge in [0, 0.05) is 22.9 Å². The van der Waals surface area contributed by atoms with E-state index in [0.29, 0.717) is 6.20 Å². The molecule has 0 radical (unpaired) electrons. The van der Waals surface area contributed by atoms with Crippen LogP contribution >= 0.6 is 23.8 Å². The SMILES string of the molecule is COc1cc(Cl)cc(C(=O)NC(=S)N/C=C(\C)C(F)(F)F)c1O. The predicted octanol–water partition coefficient (Wildman–Crippen LogP) is 3.12. The Morgan fingerprint density at radius 2 is 2.04 bits per heavy atom. The van der Waals surface area contributed by atoms with E-state index in [1.807, 2.05) is 0 Å². The molecule has 0 atom stereocenters. The second-order valence-corrected chi connectivity index (χ2v) is 5.10. The zero-order chi connectivity index (χ0) is 17.8. The van der Waals surface area contributed by atoms with Crippen LogP contribution in [0.3, 0.4) is 0 Å². The first-order valence-corrected chi connectivity index (χ1v) is 6.77. The highest BCUT2D eigenvalue weighted by Crippen LogP contribution is 2.33. The van der Waals surface area contributed by atoms with E-state index < -0.39 is 23.4 Å². The van der Waals surface area contributed by atoms with Crippen LogP contribution < -0.4 is 15.4 Å². The van der Waals surface area contributed by atoms with Crippen LogP contribution in [0.25, 0.3) is 0 Å². The van der Waals surface area contributed by atoms with Crippen LogP contribution in [0.2, 0.25) is 5.02 Å². The first kappa shape index (κ1) is 19.0. The number of thiocarbonyl (C=S) groups is 1. The molecule has 0 saturated carbocycles. The van der Waals surface area contributed by atoms with E-state index in [4.69, 9.17) is 28.6 Å². The Kier molecular flexibility index (Phi) is 6.22. The number of methoxy groups -OCH3 is 1. The number of carbonyl (C=O) groups is 1. The third kappa shape index (κ3) is 5.29. The van der Waals surface area contributed by atoms with E-state index in [0.717, 1.165) is 13.0 Å². The van der Waals surface area contributed by atoms with Gasteiger partial charge in [-0.3, -0.25) is 10.1 Å². The van der Waals surface area contributed by atoms with Gasteiger partial charge in [-0.2, -0.15) is 13.2 Å². The molecule has 0 unspecified atom stereocenters. The van der Waals surface area contributed by atoms with Crippen molar-refractivity contribution in [2.24, 2.45) is 0 Å². The van der Waals surface area contributed by atoms with Crippen molar-refractivity contribution in [2.75, 3.05) is 7.11 Å². The van der Waals surface area contributed by atoms with Gasteiger partial charge in [-0.05, 0) is 25.2 Å². The van der Waals surface area contributed by atoms with Crippen molar-refractivity contribution in [2.45, 2.75) is 13.1 Å². The zero-order valence-electron chi connectivity index (χ0n) is 11.9. The molecule has 1 aromatic carbocycles. The van der Waals surface area contributed by atoms with Gasteiger partial charge in [0.2, 0.25) is 0 Å². The summed E-state index contributed by atoms with van der Waals surface area (Å²) in [6, 6.07) is 2.45. The van der Waals surface area contributed by atoms with Gasteiger partial charge >= 0.3 is 6.18 Å². The molecule has 1 amide bonds. The molecule has 0 aliphatic carbocycles. The van der Waals surface area contributed by atoms with Gasteiger partial charge in [-0.1, -0.05) is 11.6 Å². The molecule has 0 aromatic heterocycles. The van der Waals surface area contributed by atoms with Crippen LogP contribution in [0.1, 0.15) is 17.3 Å². The molecule has 0 bridgehead atoms. The van der Waals surface area contributed by atoms with Gasteiger partial charge < -0.3 is 15.2 Å². The Labute approximate surface area is 140 Å². The Morgan fingerprint density at radius 3 is 2.57 bits per heavy atom. The molecule has 3 N–H and O–H groups in total. The van der Waals surface area contributed by atoms with Gasteiger partial charge in [0.25, 0.3) is 5.91 Å². The van der Waals surface area contributed by atoms with Gasteiger partial charge in [0.05, 0.1) is 12.7 Å². The van der Waals surface area contributed by atoms with Crippen molar-refractivity contribution in [3.8, 4) is 11.5 Å². The predicted molar refractivity (Wildman–Crippen MR) is 82.7 cm³/mol. The van der Waals surface area contributed by atoms with Crippen molar-refractivity contribution >= 4 is 34.8 Å². The van der Waals surface area contributed by atoms with Crippen molar-refractivity contribution in [3.05, 3.63) is 34.5 Å². The second kappa shape index (κ2) is 7.51. The smallest absolute Gasteiger partial charge is 0.413 e. The minimum Gasteiger partial charge on any atom is -0.504 e. The van der Waals surface area contributed by atoms with Gasteiger partial charge in [-0.15, -0.1) is 0 Å². The highest BCUT2D eigenvalue weighted by molar-refractivity contribution is 7.80. The fourth-order valence-electron chi connectivity index (χ4n) is 1.37. The van der Waals surface area contributed by atoms with Crippen LogP contribution in [-0.2, 0) is 0 Å². The first-order chi connectivity index (χ1) is 10.6. The van der Waals surface area contributed by atoms with Crippen LogP contribution in [0.15, 0.2) is 23.9 Å². The maximum Gasteiger partial charge on any atom is 0.413 e. The van der Waals surface area contributed by atoms with Gasteiger partial charge in [0.1, 0.15) is 0 Å². The first-order valence-electron chi connectivity index (χ1n) is 5.98. The number of aromatic hydroxyl groups is 1. The van der Waals surface area contributed by atoms with Crippen LogP contribution in [0.5, 0.6) is 11.5 Å². The van der Waals surface area contributed by atoms with Gasteiger partial charge in [0.15, 0.2) is 16.6 Å². The number of amides is 1. The largest absolute Gasteiger partial charge is 0.504 e. The maximum atomic E-state index is 12.3. The lowest BCUT2D eigenvalue weighted by atomic mass is 10.1. The Balaban J connectivity index is 2.85. The summed E-state index contributed by atoms with van der Waals surface area (Å²) in [5.74, 6) is -1.37. The second-order valence-electron chi connectivity index (χ2n) is 4.26. The molecule has 126 valence electrons. The summed E-state index contributed by atoms with van der Waals surface area (Å²) in [4.78, 5) is 12.0. The fraction of sp³-hybridized carbons (Fsp3) is 0.231. The van der Waals surface area contributed by atoms with E-state index in [1.54, 1.807) is 0 Å². The molecule has 0 spiro atoms. The molecule has 0 fully saturated rings. The molecule has 0 aliphatic heterocycles. The molecule has 5 nitrogen and oxygen atoms in total. The van der Waals surface area contributed by atoms with Crippen molar-refractivity contribution in [1.82, 2.24) is 10.6 Å². The Hall–Kier alpha value is -2.00. The summed E-state index contributed by atoms with van der Waals surface area (Å²) < 4.78 is 41.8. The average molecular weight is 369 g/mol. The number of allylic oxidation sites excluding steroid dienone is 1. The van der Waals surface area contributed by atoms with Crippen LogP contribution in [0.4, 0.5) is 13.2 Å². The summed E-state index contributed by atoms with van der Waals surface area (Å²) in [6.07, 6.45) is -3.90. The standard InChI is InChI=1S/C13H12ClF3N2O3S/c1-6(13(15,16)17)5-18-12(23)19-11(21)8-3-7(14)4-9(22-2)10(8)20/h3-5,20H,1-2H3,(H2,18,19,21,23)/b6-5+. The zero-order valence-corrected chi connectivity index (χ0v) is 13.5. The normalized spacial score (nSPS) is 11.8. The number of phenols is 1. The van der Waals surface area contributed by atoms with Crippen molar-refractivity contribution < 1.29 is 27.8 Å². The summed E-state index contributed by atoms with van der Waals surface area (Å²) in [7, 11) is 1.27. The lowest BCUT2D eigenvalue weighted by Crippen LogP contribution is -2.37. The maximum absolute atomic E-state index is 12.3. The number of ether oxygens (including phenoxy) is 1. The number of halogens is 4. The van der Waals surface area contributed by atoms with E-state index in [1.165, 1.54) is 13.2 Å². The third-order valence-electron chi connectivity index (χ3n) is 2.60. The third-order valence-corrected chi connectivity index (χ3v) is 3.04. The van der Waals surface area contributed by atoms with E-state index >= 15 is 0 Å². The summed E-state index contributed by atoms with van der Waals surface area (Å²) in [5.41, 5.74) is -1.17. The van der Waals surface area contributed by atoms with Crippen molar-refractivity contribution in [3.63, 3.8) is 0 Å². The average Bonchev–Trinajstić information content (AvgIpc) is 2.45. The topological polar surface area (TPSA) is 70.6 Å². The summed E-state index contributed by atoms with van der Waals surface area (Å²) in [5, 5.41) is 13.8. The highest BCUT2D eigenvalue weighted by Gasteiger charge is 2.30. The molecule has 0 aliphatic rings. The molecular formula is C13H12ClF3N2O3S. The minimum atomic E-state index is -4.51. The molecule has 1 aromatic rings. The lowest BCUT2D eigenvalue weighted by Gasteiger charge is -2.12. The number of nitrogens with one attached hydrogen (secondary N) is 2. The number of phenolic OH excluding ortho intramolecular Hbond substituents is 1. The molecular weight excluding hydrogens is 357 g/mol. The lowest BCUT2D eigenvalue weighted by molar-refractivity contribution is -0.0916. The van der Waals surface area contributed by atoms with E-state index in [-0.39, 0.29) is 21.4 Å². The Bertz CT molecular complexity index is 663. The van der Waals surface area contributed by atoms with E-state index in [9.17, 15) is 23.1 Å². The highest BCUT2D eigenvalue weighted by atomic mass is 35.5. The van der Waals surface area contributed by atoms with E-state index in [2.05, 4.69) is 10.6 Å². The quantitative estimate of drug-likeness (QED) is 0.715. The number of rotatable bonds is 3. The molecule has 0 heterocycles. The molecule has 23 heavy (non-hydrogen) atoms. The number of benzene rings is 1. The fourth-order valence-corrected chi connectivity index (χ4v) is 1.72. The van der Waals surface area contributed by atoms with Crippen LogP contribution in [-0.4, -0.2) is 29.4 Å². The van der Waals surface area contributed by atoms with Crippen LogP contribution in [0, 0.1) is 0 Å². The number of carbonyl (C=O) groups excluding carboxylic acids is 1. The summed E-state index contributed by atoms with van der Waals surface area (Å²) in [6.45, 7) is 0.838. The molecule has 10 heteroatoms. The van der Waals surface area contributed by atoms with Crippen molar-refractivity contribution in [1.29, 1.82) is 0 Å². The summed E-state index contributed by atoms with van der Waals surface area (Å²) >= 11 is 10.5. The number of hydrogen-bond acceptors (Lipinski definition) is 4. The Morgan fingerprint density at radius 1 is 1.43 bits per heavy atom. The molecule has 0 saturated heterocycles. The monoisotopic (exact) mass is 368 g/mol. The number of alkyl halides is 3. The number of hydrogen-bond donors (Lipinski definition) is 3. The van der Waals surface area contributed by atoms with Gasteiger partial charge in [-0.25, -0.2) is 0 Å². The minimum absolute atomic E-state index is 0.0330. The molecule has 1 rings (SSSR count).